The summed E-state index contributed by atoms with van der Waals surface area (Å²) in [6.45, 7) is 7.15. The fraction of sp³-hybridized carbons (Fsp3) is 0.333. The lowest BCUT2D eigenvalue weighted by molar-refractivity contribution is -0.110. The van der Waals surface area contributed by atoms with E-state index in [-0.39, 0.29) is 16.7 Å². The molecule has 1 aromatic heterocycles. The van der Waals surface area contributed by atoms with Crippen LogP contribution in [-0.2, 0) is 21.2 Å². The number of hydrogen-bond donors (Lipinski definition) is 2. The normalized spacial score (nSPS) is 18.6. The number of aromatic nitrogens is 1. The molecule has 3 aliphatic rings. The summed E-state index contributed by atoms with van der Waals surface area (Å²) in [7, 11) is -1.80. The van der Waals surface area contributed by atoms with E-state index >= 15 is 0 Å². The van der Waals surface area contributed by atoms with Gasteiger partial charge in [0.05, 0.1) is 21.7 Å². The van der Waals surface area contributed by atoms with Crippen LogP contribution >= 0.6 is 0 Å². The van der Waals surface area contributed by atoms with Gasteiger partial charge in [-0.2, -0.15) is 0 Å². The summed E-state index contributed by atoms with van der Waals surface area (Å²) in [5.41, 5.74) is 5.94. The number of rotatable bonds is 4. The number of likely N-dealkylation sites (N-methyl/N-ethyl adjacent to an activating group) is 1. The molecule has 0 unspecified atom stereocenters. The summed E-state index contributed by atoms with van der Waals surface area (Å²) < 4.78 is 29.1. The zero-order valence-electron chi connectivity index (χ0n) is 23.0. The zero-order chi connectivity index (χ0) is 28.2. The first kappa shape index (κ1) is 26.3. The number of aromatic amines is 1. The minimum atomic E-state index is -3.84. The van der Waals surface area contributed by atoms with Crippen molar-refractivity contribution in [3.63, 3.8) is 0 Å². The Morgan fingerprint density at radius 3 is 2.52 bits per heavy atom. The van der Waals surface area contributed by atoms with Gasteiger partial charge < -0.3 is 20.1 Å². The van der Waals surface area contributed by atoms with Gasteiger partial charge in [-0.15, -0.1) is 0 Å². The second-order valence-corrected chi connectivity index (χ2v) is 12.7. The van der Waals surface area contributed by atoms with Gasteiger partial charge >= 0.3 is 0 Å². The molecule has 1 saturated heterocycles. The number of H-pyrrole nitrogens is 1. The van der Waals surface area contributed by atoms with Crippen LogP contribution in [0.4, 0.5) is 11.4 Å². The highest BCUT2D eigenvalue weighted by Crippen LogP contribution is 2.38. The van der Waals surface area contributed by atoms with Gasteiger partial charge in [-0.25, -0.2) is 8.42 Å². The predicted molar refractivity (Wildman–Crippen MR) is 156 cm³/mol. The van der Waals surface area contributed by atoms with Gasteiger partial charge in [0, 0.05) is 55.4 Å². The number of aryl methyl sites for hydroxylation is 2. The largest absolute Gasteiger partial charge is 0.358 e. The molecule has 0 atom stereocenters. The van der Waals surface area contributed by atoms with Gasteiger partial charge in [-0.05, 0) is 75.2 Å². The third-order valence-corrected chi connectivity index (χ3v) is 10.0. The standard InChI is InChI=1S/C30H33N5O4S/c1-19-26(31-20(2)28(19)30(37)34-15-13-33(3)14-16-34)18-24-23-17-22(10-11-25(23)32-29(24)36)40(38,39)35-12-6-8-21-7-4-5-9-27(21)35/h4-5,7,9-11,17-18,31H,6,8,12-16H2,1-3H3,(H,32,36). The topological polar surface area (TPSA) is 106 Å². The third kappa shape index (κ3) is 4.41. The molecule has 4 heterocycles. The van der Waals surface area contributed by atoms with Crippen LogP contribution in [0.1, 0.15) is 44.9 Å². The highest BCUT2D eigenvalue weighted by atomic mass is 32.2. The van der Waals surface area contributed by atoms with Crippen LogP contribution in [0.3, 0.4) is 0 Å². The average Bonchev–Trinajstić information content (AvgIpc) is 3.41. The highest BCUT2D eigenvalue weighted by Gasteiger charge is 2.32. The van der Waals surface area contributed by atoms with Crippen LogP contribution in [0.25, 0.3) is 11.6 Å². The molecule has 0 spiro atoms. The van der Waals surface area contributed by atoms with Gasteiger partial charge in [-0.3, -0.25) is 13.9 Å². The number of anilines is 2. The van der Waals surface area contributed by atoms with Crippen molar-refractivity contribution in [1.82, 2.24) is 14.8 Å². The van der Waals surface area contributed by atoms with Crippen LogP contribution < -0.4 is 9.62 Å². The quantitative estimate of drug-likeness (QED) is 0.475. The fourth-order valence-corrected chi connectivity index (χ4v) is 7.47. The van der Waals surface area contributed by atoms with Crippen molar-refractivity contribution in [2.75, 3.05) is 49.4 Å². The maximum absolute atomic E-state index is 13.8. The summed E-state index contributed by atoms with van der Waals surface area (Å²) in [4.78, 5) is 33.9. The van der Waals surface area contributed by atoms with Crippen molar-refractivity contribution in [3.05, 3.63) is 76.1 Å². The van der Waals surface area contributed by atoms with Gasteiger partial charge in [-0.1, -0.05) is 18.2 Å². The van der Waals surface area contributed by atoms with E-state index in [1.807, 2.05) is 50.1 Å². The van der Waals surface area contributed by atoms with Crippen LogP contribution in [0.2, 0.25) is 0 Å². The van der Waals surface area contributed by atoms with E-state index < -0.39 is 10.0 Å². The number of carbonyl (C=O) groups is 2. The number of benzene rings is 2. The first-order chi connectivity index (χ1) is 19.1. The smallest absolute Gasteiger partial charge is 0.264 e. The Hall–Kier alpha value is -3.89. The van der Waals surface area contributed by atoms with E-state index in [9.17, 15) is 18.0 Å². The zero-order valence-corrected chi connectivity index (χ0v) is 23.8. The van der Waals surface area contributed by atoms with E-state index in [0.29, 0.717) is 53.4 Å². The van der Waals surface area contributed by atoms with E-state index in [1.54, 1.807) is 24.3 Å². The number of amides is 2. The van der Waals surface area contributed by atoms with Crippen molar-refractivity contribution in [1.29, 1.82) is 0 Å². The van der Waals surface area contributed by atoms with Crippen molar-refractivity contribution < 1.29 is 18.0 Å². The number of nitrogens with zero attached hydrogens (tertiary/aromatic N) is 3. The molecule has 2 amide bonds. The number of hydrogen-bond acceptors (Lipinski definition) is 5. The molecule has 0 aliphatic carbocycles. The van der Waals surface area contributed by atoms with Gasteiger partial charge in [0.1, 0.15) is 0 Å². The van der Waals surface area contributed by atoms with E-state index in [1.165, 1.54) is 4.31 Å². The monoisotopic (exact) mass is 559 g/mol. The Morgan fingerprint density at radius 1 is 1.00 bits per heavy atom. The molecule has 0 saturated carbocycles. The molecule has 3 aromatic rings. The molecule has 6 rings (SSSR count). The SMILES string of the molecule is Cc1[nH]c(C=C2C(=O)Nc3ccc(S(=O)(=O)N4CCCc5ccccc54)cc32)c(C)c1C(=O)N1CCN(C)CC1. The first-order valence-electron chi connectivity index (χ1n) is 13.6. The fourth-order valence-electron chi connectivity index (χ4n) is 5.90. The lowest BCUT2D eigenvalue weighted by Crippen LogP contribution is -2.47. The molecule has 0 radical (unpaired) electrons. The minimum absolute atomic E-state index is 0.0181. The summed E-state index contributed by atoms with van der Waals surface area (Å²) >= 11 is 0. The Labute approximate surface area is 234 Å². The summed E-state index contributed by atoms with van der Waals surface area (Å²) in [6, 6.07) is 12.3. The maximum Gasteiger partial charge on any atom is 0.264 e. The number of sulfonamides is 1. The van der Waals surface area contributed by atoms with Crippen molar-refractivity contribution in [3.8, 4) is 0 Å². The molecule has 10 heteroatoms. The molecule has 3 aliphatic heterocycles. The summed E-state index contributed by atoms with van der Waals surface area (Å²) in [6.07, 6.45) is 3.30. The molecule has 40 heavy (non-hydrogen) atoms. The molecule has 208 valence electrons. The molecular weight excluding hydrogens is 526 g/mol. The molecule has 0 bridgehead atoms. The number of nitrogens with one attached hydrogen (secondary N) is 2. The molecular formula is C30H33N5O4S. The molecule has 2 aromatic carbocycles. The Morgan fingerprint density at radius 2 is 1.75 bits per heavy atom. The van der Waals surface area contributed by atoms with Crippen LogP contribution in [0.5, 0.6) is 0 Å². The van der Waals surface area contributed by atoms with Gasteiger partial charge in [0.15, 0.2) is 0 Å². The maximum atomic E-state index is 13.8. The summed E-state index contributed by atoms with van der Waals surface area (Å²) in [5, 5.41) is 2.85. The van der Waals surface area contributed by atoms with E-state index in [0.717, 1.165) is 42.8 Å². The number of para-hydroxylation sites is 1. The average molecular weight is 560 g/mol. The summed E-state index contributed by atoms with van der Waals surface area (Å²) in [5.74, 6) is -0.332. The van der Waals surface area contributed by atoms with Crippen LogP contribution in [0, 0.1) is 13.8 Å². The predicted octanol–water partition coefficient (Wildman–Crippen LogP) is 3.65. The lowest BCUT2D eigenvalue weighted by Gasteiger charge is -2.32. The second kappa shape index (κ2) is 9.94. The third-order valence-electron chi connectivity index (χ3n) is 8.20. The van der Waals surface area contributed by atoms with Crippen molar-refractivity contribution in [2.24, 2.45) is 0 Å². The molecule has 1 fully saturated rings. The lowest BCUT2D eigenvalue weighted by atomic mass is 10.0. The number of piperazine rings is 1. The van der Waals surface area contributed by atoms with Gasteiger partial charge in [0.25, 0.3) is 21.8 Å². The highest BCUT2D eigenvalue weighted by molar-refractivity contribution is 7.92. The Balaban J connectivity index is 1.35. The molecule has 9 nitrogen and oxygen atoms in total. The first-order valence-corrected chi connectivity index (χ1v) is 15.0. The van der Waals surface area contributed by atoms with E-state index in [4.69, 9.17) is 0 Å². The number of fused-ring (bicyclic) bond motifs is 2. The van der Waals surface area contributed by atoms with Crippen molar-refractivity contribution in [2.45, 2.75) is 31.6 Å². The van der Waals surface area contributed by atoms with E-state index in [2.05, 4.69) is 15.2 Å². The minimum Gasteiger partial charge on any atom is -0.358 e. The Kier molecular flexibility index (Phi) is 6.54. The van der Waals surface area contributed by atoms with Gasteiger partial charge in [0.2, 0.25) is 0 Å². The Bertz CT molecular complexity index is 1660. The van der Waals surface area contributed by atoms with Crippen LogP contribution in [-0.4, -0.2) is 74.8 Å². The second-order valence-electron chi connectivity index (χ2n) is 10.8. The number of carbonyl (C=O) groups excluding carboxylic acids is 2. The van der Waals surface area contributed by atoms with Crippen LogP contribution in [0.15, 0.2) is 47.4 Å². The van der Waals surface area contributed by atoms with Crippen molar-refractivity contribution >= 4 is 44.9 Å². The molecule has 2 N–H and O–H groups in total.